The second-order valence-electron chi connectivity index (χ2n) is 6.07. The summed E-state index contributed by atoms with van der Waals surface area (Å²) in [7, 11) is 0. The number of carbonyl (C=O) groups is 2. The van der Waals surface area contributed by atoms with E-state index in [2.05, 4.69) is 5.32 Å². The molecule has 0 aromatic heterocycles. The zero-order valence-electron chi connectivity index (χ0n) is 15.8. The van der Waals surface area contributed by atoms with Gasteiger partial charge in [-0.3, -0.25) is 9.59 Å². The van der Waals surface area contributed by atoms with Gasteiger partial charge >= 0.3 is 6.18 Å². The number of nitrogens with one attached hydrogen (secondary N) is 1. The van der Waals surface area contributed by atoms with Crippen LogP contribution < -0.4 is 10.1 Å². The van der Waals surface area contributed by atoms with Gasteiger partial charge in [0.15, 0.2) is 0 Å². The van der Waals surface area contributed by atoms with Crippen LogP contribution in [0.3, 0.4) is 0 Å². The topological polar surface area (TPSA) is 58.6 Å². The number of halogens is 3. The van der Waals surface area contributed by atoms with Gasteiger partial charge in [0.25, 0.3) is 5.91 Å². The van der Waals surface area contributed by atoms with Crippen LogP contribution in [0, 0.1) is 0 Å². The SMILES string of the molecule is CCCCN(CC(F)(F)F)C(=O)CCCNC(=O)c1ccccc1OCC. The molecule has 1 rings (SSSR count). The van der Waals surface area contributed by atoms with E-state index in [1.165, 1.54) is 0 Å². The maximum absolute atomic E-state index is 12.6. The molecule has 0 saturated carbocycles. The van der Waals surface area contributed by atoms with Gasteiger partial charge in [-0.15, -0.1) is 0 Å². The van der Waals surface area contributed by atoms with Gasteiger partial charge in [0, 0.05) is 19.5 Å². The van der Waals surface area contributed by atoms with Crippen molar-refractivity contribution in [3.8, 4) is 5.75 Å². The number of nitrogens with zero attached hydrogens (tertiary/aromatic N) is 1. The second-order valence-corrected chi connectivity index (χ2v) is 6.07. The fourth-order valence-electron chi connectivity index (χ4n) is 2.49. The summed E-state index contributed by atoms with van der Waals surface area (Å²) in [5.74, 6) is -0.432. The zero-order chi connectivity index (χ0) is 20.3. The van der Waals surface area contributed by atoms with Crippen LogP contribution in [-0.4, -0.2) is 49.1 Å². The highest BCUT2D eigenvalue weighted by atomic mass is 19.4. The fraction of sp³-hybridized carbons (Fsp3) is 0.579. The molecule has 0 aliphatic carbocycles. The van der Waals surface area contributed by atoms with E-state index in [9.17, 15) is 22.8 Å². The summed E-state index contributed by atoms with van der Waals surface area (Å²) < 4.78 is 43.2. The number of hydrogen-bond acceptors (Lipinski definition) is 3. The van der Waals surface area contributed by atoms with Gasteiger partial charge in [0.05, 0.1) is 12.2 Å². The molecule has 0 bridgehead atoms. The van der Waals surface area contributed by atoms with Crippen LogP contribution in [0.5, 0.6) is 5.75 Å². The lowest BCUT2D eigenvalue weighted by Gasteiger charge is -2.24. The number of alkyl halides is 3. The predicted octanol–water partition coefficient (Wildman–Crippen LogP) is 3.79. The van der Waals surface area contributed by atoms with Crippen LogP contribution in [0.15, 0.2) is 24.3 Å². The first-order valence-electron chi connectivity index (χ1n) is 9.13. The fourth-order valence-corrected chi connectivity index (χ4v) is 2.49. The molecule has 0 aliphatic rings. The minimum absolute atomic E-state index is 0.0484. The highest BCUT2D eigenvalue weighted by Gasteiger charge is 2.32. The van der Waals surface area contributed by atoms with E-state index in [0.29, 0.717) is 30.8 Å². The Hall–Kier alpha value is -2.25. The molecule has 0 spiro atoms. The van der Waals surface area contributed by atoms with E-state index >= 15 is 0 Å². The van der Waals surface area contributed by atoms with Gasteiger partial charge in [0.1, 0.15) is 12.3 Å². The molecule has 0 aliphatic heterocycles. The average Bonchev–Trinajstić information content (AvgIpc) is 2.61. The predicted molar refractivity (Wildman–Crippen MR) is 96.7 cm³/mol. The largest absolute Gasteiger partial charge is 0.493 e. The number of carbonyl (C=O) groups excluding carboxylic acids is 2. The summed E-state index contributed by atoms with van der Waals surface area (Å²) in [6.45, 7) is 3.13. The van der Waals surface area contributed by atoms with Crippen LogP contribution in [0.2, 0.25) is 0 Å². The molecular weight excluding hydrogens is 361 g/mol. The lowest BCUT2D eigenvalue weighted by Crippen LogP contribution is -2.39. The quantitative estimate of drug-likeness (QED) is 0.587. The highest BCUT2D eigenvalue weighted by molar-refractivity contribution is 5.96. The minimum atomic E-state index is -4.42. The van der Waals surface area contributed by atoms with Crippen molar-refractivity contribution in [2.24, 2.45) is 0 Å². The van der Waals surface area contributed by atoms with Gasteiger partial charge in [-0.1, -0.05) is 25.5 Å². The van der Waals surface area contributed by atoms with Gasteiger partial charge in [0.2, 0.25) is 5.91 Å². The standard InChI is InChI=1S/C19H27F3N2O3/c1-3-5-13-24(14-19(20,21)22)17(25)11-8-12-23-18(26)15-9-6-7-10-16(15)27-4-2/h6-7,9-10H,3-5,8,11-14H2,1-2H3,(H,23,26). The number of benzene rings is 1. The first kappa shape index (κ1) is 22.8. The maximum Gasteiger partial charge on any atom is 0.406 e. The third-order valence-corrected chi connectivity index (χ3v) is 3.79. The number of unbranched alkanes of at least 4 members (excludes halogenated alkanes) is 1. The Morgan fingerprint density at radius 3 is 2.48 bits per heavy atom. The Labute approximate surface area is 157 Å². The monoisotopic (exact) mass is 388 g/mol. The van der Waals surface area contributed by atoms with Crippen LogP contribution in [0.1, 0.15) is 49.9 Å². The van der Waals surface area contributed by atoms with Gasteiger partial charge < -0.3 is 15.0 Å². The number of para-hydroxylation sites is 1. The Morgan fingerprint density at radius 1 is 1.15 bits per heavy atom. The Morgan fingerprint density at radius 2 is 1.85 bits per heavy atom. The van der Waals surface area contributed by atoms with Crippen molar-refractivity contribution in [3.05, 3.63) is 29.8 Å². The molecule has 1 aromatic carbocycles. The van der Waals surface area contributed by atoms with E-state index in [-0.39, 0.29) is 31.8 Å². The molecule has 0 saturated heterocycles. The Balaban J connectivity index is 2.49. The van der Waals surface area contributed by atoms with Crippen molar-refractivity contribution in [2.75, 3.05) is 26.2 Å². The molecule has 0 unspecified atom stereocenters. The molecule has 8 heteroatoms. The first-order valence-corrected chi connectivity index (χ1v) is 9.13. The van der Waals surface area contributed by atoms with Crippen molar-refractivity contribution >= 4 is 11.8 Å². The summed E-state index contributed by atoms with van der Waals surface area (Å²) in [5, 5.41) is 2.67. The van der Waals surface area contributed by atoms with E-state index in [1.54, 1.807) is 24.3 Å². The normalized spacial score (nSPS) is 11.1. The van der Waals surface area contributed by atoms with Crippen molar-refractivity contribution in [1.82, 2.24) is 10.2 Å². The van der Waals surface area contributed by atoms with Crippen molar-refractivity contribution in [3.63, 3.8) is 0 Å². The molecule has 152 valence electrons. The van der Waals surface area contributed by atoms with E-state index in [4.69, 9.17) is 4.74 Å². The van der Waals surface area contributed by atoms with Crippen LogP contribution in [0.4, 0.5) is 13.2 Å². The lowest BCUT2D eigenvalue weighted by atomic mass is 10.2. The number of amides is 2. The number of hydrogen-bond donors (Lipinski definition) is 1. The molecule has 1 N–H and O–H groups in total. The van der Waals surface area contributed by atoms with Crippen molar-refractivity contribution < 1.29 is 27.5 Å². The molecule has 1 aromatic rings. The highest BCUT2D eigenvalue weighted by Crippen LogP contribution is 2.19. The lowest BCUT2D eigenvalue weighted by molar-refractivity contribution is -0.161. The minimum Gasteiger partial charge on any atom is -0.493 e. The summed E-state index contributed by atoms with van der Waals surface area (Å²) >= 11 is 0. The molecular formula is C19H27F3N2O3. The summed E-state index contributed by atoms with van der Waals surface area (Å²) in [6, 6.07) is 6.78. The van der Waals surface area contributed by atoms with E-state index < -0.39 is 18.6 Å². The number of ether oxygens (including phenoxy) is 1. The second kappa shape index (κ2) is 11.5. The molecule has 2 amide bonds. The Bertz CT molecular complexity index is 606. The van der Waals surface area contributed by atoms with Gasteiger partial charge in [-0.25, -0.2) is 0 Å². The molecule has 0 heterocycles. The summed E-state index contributed by atoms with van der Waals surface area (Å²) in [4.78, 5) is 25.1. The first-order chi connectivity index (χ1) is 12.8. The molecule has 5 nitrogen and oxygen atoms in total. The van der Waals surface area contributed by atoms with E-state index in [1.807, 2.05) is 13.8 Å². The summed E-state index contributed by atoms with van der Waals surface area (Å²) in [6.07, 6.45) is -2.97. The molecule has 27 heavy (non-hydrogen) atoms. The van der Waals surface area contributed by atoms with Crippen LogP contribution >= 0.6 is 0 Å². The van der Waals surface area contributed by atoms with Crippen molar-refractivity contribution in [2.45, 2.75) is 45.7 Å². The van der Waals surface area contributed by atoms with Crippen LogP contribution in [-0.2, 0) is 4.79 Å². The third kappa shape index (κ3) is 8.79. The van der Waals surface area contributed by atoms with E-state index in [0.717, 1.165) is 4.90 Å². The number of rotatable bonds is 11. The molecule has 0 fully saturated rings. The summed E-state index contributed by atoms with van der Waals surface area (Å²) in [5.41, 5.74) is 0.382. The molecule has 0 radical (unpaired) electrons. The molecule has 0 atom stereocenters. The maximum atomic E-state index is 12.6. The van der Waals surface area contributed by atoms with Gasteiger partial charge in [-0.2, -0.15) is 13.2 Å². The third-order valence-electron chi connectivity index (χ3n) is 3.79. The Kier molecular flexibility index (Phi) is 9.67. The zero-order valence-corrected chi connectivity index (χ0v) is 15.8. The average molecular weight is 388 g/mol. The van der Waals surface area contributed by atoms with Gasteiger partial charge in [-0.05, 0) is 31.9 Å². The smallest absolute Gasteiger partial charge is 0.406 e. The van der Waals surface area contributed by atoms with Crippen molar-refractivity contribution in [1.29, 1.82) is 0 Å². The van der Waals surface area contributed by atoms with Crippen LogP contribution in [0.25, 0.3) is 0 Å².